The van der Waals surface area contributed by atoms with Gasteiger partial charge in [-0.05, 0) is 33.1 Å². The van der Waals surface area contributed by atoms with Crippen LogP contribution in [0.2, 0.25) is 0 Å². The summed E-state index contributed by atoms with van der Waals surface area (Å²) < 4.78 is 27.0. The average Bonchev–Trinajstić information content (AvgIpc) is 2.45. The van der Waals surface area contributed by atoms with Gasteiger partial charge in [0.1, 0.15) is 0 Å². The van der Waals surface area contributed by atoms with E-state index in [-0.39, 0.29) is 25.7 Å². The van der Waals surface area contributed by atoms with Crippen LogP contribution in [0.1, 0.15) is 33.1 Å². The molecule has 0 aromatic rings. The molecule has 0 spiro atoms. The molecule has 0 bridgehead atoms. The monoisotopic (exact) mass is 305 g/mol. The first-order chi connectivity index (χ1) is 9.61. The maximum absolute atomic E-state index is 12.0. The van der Waals surface area contributed by atoms with Gasteiger partial charge in [0.25, 0.3) is 0 Å². The van der Waals surface area contributed by atoms with E-state index in [0.717, 1.165) is 25.9 Å². The number of rotatable bonds is 8. The van der Waals surface area contributed by atoms with Gasteiger partial charge in [-0.15, -0.1) is 0 Å². The van der Waals surface area contributed by atoms with E-state index in [9.17, 15) is 9.36 Å². The van der Waals surface area contributed by atoms with E-state index in [0.29, 0.717) is 0 Å². The average molecular weight is 305 g/mol. The fourth-order valence-corrected chi connectivity index (χ4v) is 3.06. The Morgan fingerprint density at radius 2 is 1.70 bits per heavy atom. The van der Waals surface area contributed by atoms with Crippen LogP contribution in [0.4, 0.5) is 0 Å². The van der Waals surface area contributed by atoms with Crippen molar-refractivity contribution in [1.82, 2.24) is 4.90 Å². The van der Waals surface area contributed by atoms with Crippen molar-refractivity contribution in [1.29, 1.82) is 0 Å². The molecule has 0 saturated carbocycles. The highest BCUT2D eigenvalue weighted by Crippen LogP contribution is 2.49. The van der Waals surface area contributed by atoms with Crippen LogP contribution in [-0.2, 0) is 22.9 Å². The Morgan fingerprint density at radius 1 is 1.10 bits per heavy atom. The van der Waals surface area contributed by atoms with E-state index in [2.05, 4.69) is 0 Å². The summed E-state index contributed by atoms with van der Waals surface area (Å²) in [6.07, 6.45) is 6.29. The Hall–Kier alpha value is -0.680. The van der Waals surface area contributed by atoms with Gasteiger partial charge in [-0.2, -0.15) is 0 Å². The number of hydrogen-bond donors (Lipinski definition) is 0. The Bertz CT molecular complexity index is 356. The highest BCUT2D eigenvalue weighted by atomic mass is 31.2. The minimum atomic E-state index is -3.49. The summed E-state index contributed by atoms with van der Waals surface area (Å²) in [6.45, 7) is 5.55. The van der Waals surface area contributed by atoms with Crippen molar-refractivity contribution in [3.63, 3.8) is 0 Å². The molecule has 20 heavy (non-hydrogen) atoms. The third kappa shape index (κ3) is 6.18. The van der Waals surface area contributed by atoms with Gasteiger partial charge < -0.3 is 4.90 Å². The van der Waals surface area contributed by atoms with Gasteiger partial charge in [-0.25, -0.2) is 4.57 Å². The predicted molar refractivity (Wildman–Crippen MR) is 76.4 cm³/mol. The van der Waals surface area contributed by atoms with E-state index in [1.165, 1.54) is 12.5 Å². The first-order valence-electron chi connectivity index (χ1n) is 7.10. The van der Waals surface area contributed by atoms with Crippen molar-refractivity contribution in [2.24, 2.45) is 0 Å². The van der Waals surface area contributed by atoms with Gasteiger partial charge in [0.15, 0.2) is 0 Å². The van der Waals surface area contributed by atoms with Crippen LogP contribution in [-0.4, -0.2) is 43.7 Å². The highest BCUT2D eigenvalue weighted by molar-refractivity contribution is 7.48. The van der Waals surface area contributed by atoms with E-state index < -0.39 is 7.82 Å². The smallest absolute Gasteiger partial charge is 0.339 e. The minimum absolute atomic E-state index is 0.0247. The molecule has 0 unspecified atom stereocenters. The first-order valence-corrected chi connectivity index (χ1v) is 8.56. The van der Waals surface area contributed by atoms with Crippen molar-refractivity contribution >= 4 is 13.7 Å². The van der Waals surface area contributed by atoms with Crippen LogP contribution in [0.3, 0.4) is 0 Å². The van der Waals surface area contributed by atoms with Crippen LogP contribution in [0, 0.1) is 0 Å². The van der Waals surface area contributed by atoms with Crippen molar-refractivity contribution in [3.05, 3.63) is 12.2 Å². The maximum atomic E-state index is 12.0. The lowest BCUT2D eigenvalue weighted by Crippen LogP contribution is -2.34. The Kier molecular flexibility index (Phi) is 8.07. The van der Waals surface area contributed by atoms with Crippen molar-refractivity contribution in [3.8, 4) is 0 Å². The molecule has 1 amide bonds. The lowest BCUT2D eigenvalue weighted by molar-refractivity contribution is -0.126. The molecular formula is C13H24NO5P. The van der Waals surface area contributed by atoms with Gasteiger partial charge in [0.05, 0.1) is 19.8 Å². The maximum Gasteiger partial charge on any atom is 0.475 e. The number of hydrogen-bond acceptors (Lipinski definition) is 5. The van der Waals surface area contributed by atoms with Crippen molar-refractivity contribution < 1.29 is 22.9 Å². The van der Waals surface area contributed by atoms with Crippen molar-refractivity contribution in [2.75, 3.05) is 32.9 Å². The largest absolute Gasteiger partial charge is 0.475 e. The molecule has 0 atom stereocenters. The van der Waals surface area contributed by atoms with Crippen LogP contribution in [0.5, 0.6) is 0 Å². The standard InChI is InChI=1S/C13H24NO5P/c1-3-17-20(16,18-4-2)19-12-8-9-13(15)14-10-6-5-7-11-14/h8-9H,3-7,10-12H2,1-2H3. The third-order valence-electron chi connectivity index (χ3n) is 2.83. The van der Waals surface area contributed by atoms with Gasteiger partial charge in [-0.3, -0.25) is 18.4 Å². The van der Waals surface area contributed by atoms with Crippen LogP contribution in [0.25, 0.3) is 0 Å². The molecule has 6 nitrogen and oxygen atoms in total. The molecule has 7 heteroatoms. The summed E-state index contributed by atoms with van der Waals surface area (Å²) in [6, 6.07) is 0. The number of phosphoric ester groups is 1. The normalized spacial score (nSPS) is 16.8. The molecule has 0 aliphatic carbocycles. The van der Waals surface area contributed by atoms with E-state index in [1.807, 2.05) is 4.90 Å². The Balaban J connectivity index is 2.35. The summed E-state index contributed by atoms with van der Waals surface area (Å²) >= 11 is 0. The fourth-order valence-electron chi connectivity index (χ4n) is 1.93. The third-order valence-corrected chi connectivity index (χ3v) is 4.45. The second-order valence-corrected chi connectivity index (χ2v) is 6.04. The second-order valence-electron chi connectivity index (χ2n) is 4.37. The van der Waals surface area contributed by atoms with Gasteiger partial charge >= 0.3 is 7.82 Å². The Labute approximate surface area is 120 Å². The molecule has 1 saturated heterocycles. The SMILES string of the molecule is CCOP(=O)(OCC)OCC=CC(=O)N1CCCCC1. The lowest BCUT2D eigenvalue weighted by Gasteiger charge is -2.25. The lowest BCUT2D eigenvalue weighted by atomic mass is 10.1. The highest BCUT2D eigenvalue weighted by Gasteiger charge is 2.24. The molecule has 0 N–H and O–H groups in total. The number of amides is 1. The van der Waals surface area contributed by atoms with E-state index >= 15 is 0 Å². The minimum Gasteiger partial charge on any atom is -0.339 e. The molecule has 1 aliphatic heterocycles. The molecule has 1 fully saturated rings. The van der Waals surface area contributed by atoms with E-state index in [4.69, 9.17) is 13.6 Å². The number of nitrogens with zero attached hydrogens (tertiary/aromatic N) is 1. The molecule has 0 radical (unpaired) electrons. The summed E-state index contributed by atoms with van der Waals surface area (Å²) in [5.41, 5.74) is 0. The zero-order valence-electron chi connectivity index (χ0n) is 12.2. The van der Waals surface area contributed by atoms with Gasteiger partial charge in [0.2, 0.25) is 5.91 Å². The summed E-state index contributed by atoms with van der Waals surface area (Å²) in [5, 5.41) is 0. The molecule has 0 aromatic carbocycles. The number of carbonyl (C=O) groups is 1. The molecular weight excluding hydrogens is 281 g/mol. The van der Waals surface area contributed by atoms with Crippen LogP contribution < -0.4 is 0 Å². The summed E-state index contributed by atoms with van der Waals surface area (Å²) in [5.74, 6) is -0.0315. The fraction of sp³-hybridized carbons (Fsp3) is 0.769. The second kappa shape index (κ2) is 9.29. The molecule has 1 rings (SSSR count). The zero-order valence-corrected chi connectivity index (χ0v) is 13.1. The van der Waals surface area contributed by atoms with Gasteiger partial charge in [-0.1, -0.05) is 6.08 Å². The number of piperidine rings is 1. The Morgan fingerprint density at radius 3 is 2.25 bits per heavy atom. The van der Waals surface area contributed by atoms with Crippen LogP contribution >= 0.6 is 7.82 Å². The number of likely N-dealkylation sites (tertiary alicyclic amines) is 1. The molecule has 0 aromatic heterocycles. The summed E-state index contributed by atoms with van der Waals surface area (Å²) in [7, 11) is -3.49. The van der Waals surface area contributed by atoms with Crippen molar-refractivity contribution in [2.45, 2.75) is 33.1 Å². The topological polar surface area (TPSA) is 65.1 Å². The molecule has 1 heterocycles. The zero-order chi connectivity index (χ0) is 14.8. The van der Waals surface area contributed by atoms with Gasteiger partial charge in [0, 0.05) is 19.2 Å². The number of phosphoric acid groups is 1. The number of carbonyl (C=O) groups excluding carboxylic acids is 1. The quantitative estimate of drug-likeness (QED) is 0.509. The first kappa shape index (κ1) is 17.4. The molecule has 1 aliphatic rings. The molecule has 116 valence electrons. The van der Waals surface area contributed by atoms with E-state index in [1.54, 1.807) is 19.9 Å². The van der Waals surface area contributed by atoms with Crippen LogP contribution in [0.15, 0.2) is 12.2 Å². The predicted octanol–water partition coefficient (Wildman–Crippen LogP) is 2.75. The summed E-state index contributed by atoms with van der Waals surface area (Å²) in [4.78, 5) is 13.6.